The summed E-state index contributed by atoms with van der Waals surface area (Å²) in [5, 5.41) is 10.7. The molecule has 0 aromatic heterocycles. The molecule has 3 rings (SSSR count). The van der Waals surface area contributed by atoms with Crippen molar-refractivity contribution in [3.8, 4) is 5.75 Å². The third-order valence-electron chi connectivity index (χ3n) is 9.17. The van der Waals surface area contributed by atoms with Gasteiger partial charge in [-0.15, -0.1) is 0 Å². The van der Waals surface area contributed by atoms with Crippen LogP contribution in [-0.4, -0.2) is 125 Å². The van der Waals surface area contributed by atoms with E-state index in [0.717, 1.165) is 27.7 Å². The minimum absolute atomic E-state index is 0.0644. The van der Waals surface area contributed by atoms with Crippen molar-refractivity contribution in [1.82, 2.24) is 0 Å². The van der Waals surface area contributed by atoms with E-state index in [1.54, 1.807) is 24.3 Å². The molecule has 2 heterocycles. The van der Waals surface area contributed by atoms with E-state index >= 15 is 0 Å². The Morgan fingerprint density at radius 3 is 1.72 bits per heavy atom. The highest BCUT2D eigenvalue weighted by Crippen LogP contribution is 2.39. The number of benzene rings is 1. The van der Waals surface area contributed by atoms with Crippen molar-refractivity contribution in [3.05, 3.63) is 29.8 Å². The van der Waals surface area contributed by atoms with Gasteiger partial charge in [-0.05, 0) is 35.8 Å². The summed E-state index contributed by atoms with van der Waals surface area (Å²) in [4.78, 5) is 61.7. The molecule has 0 bridgehead atoms. The van der Waals surface area contributed by atoms with Crippen LogP contribution >= 0.6 is 0 Å². The number of methoxy groups -OCH3 is 1. The highest BCUT2D eigenvalue weighted by molar-refractivity contribution is 6.74. The fourth-order valence-electron chi connectivity index (χ4n) is 5.57. The first kappa shape index (κ1) is 44.7. The van der Waals surface area contributed by atoms with E-state index < -0.39 is 106 Å². The maximum atomic E-state index is 12.7. The average molecular weight is 787 g/mol. The molecule has 0 amide bonds. The summed E-state index contributed by atoms with van der Waals surface area (Å²) in [5.74, 6) is -3.26. The second-order valence-electron chi connectivity index (χ2n) is 14.5. The third kappa shape index (κ3) is 12.4. The average Bonchev–Trinajstić information content (AvgIpc) is 3.05. The summed E-state index contributed by atoms with van der Waals surface area (Å²) in [6.45, 7) is 15.1. The Kier molecular flexibility index (Phi) is 16.0. The summed E-state index contributed by atoms with van der Waals surface area (Å²) < 4.78 is 64.5. The normalized spacial score (nSPS) is 28.7. The van der Waals surface area contributed by atoms with Gasteiger partial charge in [0.15, 0.2) is 45.3 Å². The first-order valence-corrected chi connectivity index (χ1v) is 20.4. The van der Waals surface area contributed by atoms with Crippen LogP contribution in [0.2, 0.25) is 18.1 Å². The van der Waals surface area contributed by atoms with Crippen molar-refractivity contribution in [1.29, 1.82) is 0 Å². The van der Waals surface area contributed by atoms with Gasteiger partial charge in [0.25, 0.3) is 0 Å². The Balaban J connectivity index is 2.17. The number of rotatable bonds is 15. The van der Waals surface area contributed by atoms with Gasteiger partial charge in [0.05, 0.1) is 20.3 Å². The van der Waals surface area contributed by atoms with Crippen LogP contribution in [0.4, 0.5) is 0 Å². The molecule has 2 saturated heterocycles. The number of esters is 5. The zero-order chi connectivity index (χ0) is 40.5. The molecule has 0 unspecified atom stereocenters. The number of aliphatic hydroxyl groups is 1. The number of hydrogen-bond acceptors (Lipinski definition) is 17. The van der Waals surface area contributed by atoms with Gasteiger partial charge in [-0.2, -0.15) is 0 Å². The summed E-state index contributed by atoms with van der Waals surface area (Å²) in [6.07, 6.45) is -14.5. The molecular formula is C36H54O17Si. The molecule has 10 atom stereocenters. The van der Waals surface area contributed by atoms with Crippen LogP contribution < -0.4 is 4.74 Å². The third-order valence-corrected chi connectivity index (χ3v) is 13.7. The number of carbonyl (C=O) groups is 5. The summed E-state index contributed by atoms with van der Waals surface area (Å²) in [6, 6.07) is 6.98. The van der Waals surface area contributed by atoms with Gasteiger partial charge in [-0.25, -0.2) is 0 Å². The number of hydrogen-bond donors (Lipinski definition) is 1. The molecule has 2 aliphatic heterocycles. The van der Waals surface area contributed by atoms with Gasteiger partial charge < -0.3 is 56.9 Å². The quantitative estimate of drug-likeness (QED) is 0.154. The largest absolute Gasteiger partial charge is 0.497 e. The van der Waals surface area contributed by atoms with Crippen LogP contribution in [0.25, 0.3) is 0 Å². The van der Waals surface area contributed by atoms with Crippen LogP contribution in [0.15, 0.2) is 24.3 Å². The molecular weight excluding hydrogens is 732 g/mol. The lowest BCUT2D eigenvalue weighted by molar-refractivity contribution is -0.359. The Hall–Kier alpha value is -3.65. The predicted molar refractivity (Wildman–Crippen MR) is 188 cm³/mol. The van der Waals surface area contributed by atoms with Crippen molar-refractivity contribution in [2.45, 2.75) is 142 Å². The predicted octanol–water partition coefficient (Wildman–Crippen LogP) is 2.72. The van der Waals surface area contributed by atoms with Gasteiger partial charge >= 0.3 is 29.8 Å². The van der Waals surface area contributed by atoms with E-state index in [1.807, 2.05) is 33.9 Å². The Labute approximate surface area is 316 Å². The molecule has 54 heavy (non-hydrogen) atoms. The summed E-state index contributed by atoms with van der Waals surface area (Å²) in [5.41, 5.74) is 0.687. The summed E-state index contributed by atoms with van der Waals surface area (Å²) >= 11 is 0. The van der Waals surface area contributed by atoms with Crippen molar-refractivity contribution >= 4 is 38.2 Å². The van der Waals surface area contributed by atoms with E-state index in [-0.39, 0.29) is 18.3 Å². The maximum absolute atomic E-state index is 12.7. The van der Waals surface area contributed by atoms with Crippen LogP contribution in [0.3, 0.4) is 0 Å². The fraction of sp³-hybridized carbons (Fsp3) is 0.694. The number of carbonyl (C=O) groups excluding carboxylic acids is 5. The molecule has 1 aromatic rings. The minimum Gasteiger partial charge on any atom is -0.497 e. The highest BCUT2D eigenvalue weighted by atomic mass is 28.4. The Bertz CT molecular complexity index is 1440. The van der Waals surface area contributed by atoms with Crippen LogP contribution in [0, 0.1) is 0 Å². The standard InChI is InChI=1S/C36H54O17Si/c1-19(37)44-17-26-29(31(48-21(3)39)32(34(42)51-26)49-22(4)40)53-35-33(50-23(5)41)30(45-16-24-12-14-25(43-9)15-13-24)28(47-20(2)38)27(52-35)18-46-54(10,11)36(6,7)8/h12-15,26-35,42H,16-18H2,1-11H3/t26-,27-,28+,29-,30+,31+,32+,33-,34+,35+/m1/s1. The van der Waals surface area contributed by atoms with Gasteiger partial charge in [0.2, 0.25) is 0 Å². The maximum Gasteiger partial charge on any atom is 0.303 e. The topological polar surface area (TPSA) is 207 Å². The van der Waals surface area contributed by atoms with Gasteiger partial charge in [0.1, 0.15) is 36.8 Å². The van der Waals surface area contributed by atoms with E-state index in [4.69, 9.17) is 51.8 Å². The first-order chi connectivity index (χ1) is 25.1. The van der Waals surface area contributed by atoms with Crippen LogP contribution in [0.5, 0.6) is 5.75 Å². The molecule has 0 saturated carbocycles. The lowest BCUT2D eigenvalue weighted by Gasteiger charge is -2.49. The van der Waals surface area contributed by atoms with Crippen molar-refractivity contribution < 1.29 is 80.9 Å². The second-order valence-corrected chi connectivity index (χ2v) is 19.3. The van der Waals surface area contributed by atoms with Crippen LogP contribution in [0.1, 0.15) is 61.0 Å². The Morgan fingerprint density at radius 1 is 0.685 bits per heavy atom. The Morgan fingerprint density at radius 2 is 1.20 bits per heavy atom. The SMILES string of the molecule is COc1ccc(CO[C@H]2[C@@H](OC(C)=O)[C@@H](CO[Si](C)(C)C(C)(C)C)O[C@@H](O[C@H]3[C@H](OC(C)=O)[C@H](OC(C)=O)[C@@H](O)O[C@@H]3COC(C)=O)[C@@H]2OC(C)=O)cc1. The molecule has 0 radical (unpaired) electrons. The van der Waals surface area contributed by atoms with Crippen LogP contribution in [-0.2, 0) is 77.6 Å². The molecule has 2 fully saturated rings. The molecule has 0 spiro atoms. The van der Waals surface area contributed by atoms with Gasteiger partial charge in [-0.3, -0.25) is 24.0 Å². The van der Waals surface area contributed by atoms with Crippen molar-refractivity contribution in [3.63, 3.8) is 0 Å². The van der Waals surface area contributed by atoms with Gasteiger partial charge in [-0.1, -0.05) is 32.9 Å². The molecule has 17 nitrogen and oxygen atoms in total. The lowest BCUT2D eigenvalue weighted by atomic mass is 9.96. The van der Waals surface area contributed by atoms with E-state index in [1.165, 1.54) is 14.0 Å². The molecule has 304 valence electrons. The minimum atomic E-state index is -2.46. The molecule has 18 heteroatoms. The number of aliphatic hydroxyl groups excluding tert-OH is 1. The van der Waals surface area contributed by atoms with Gasteiger partial charge in [0, 0.05) is 34.6 Å². The van der Waals surface area contributed by atoms with Crippen molar-refractivity contribution in [2.75, 3.05) is 20.3 Å². The fourth-order valence-corrected chi connectivity index (χ4v) is 6.59. The summed E-state index contributed by atoms with van der Waals surface area (Å²) in [7, 11) is -0.934. The zero-order valence-electron chi connectivity index (χ0n) is 32.7. The van der Waals surface area contributed by atoms with Crippen molar-refractivity contribution in [2.24, 2.45) is 0 Å². The highest BCUT2D eigenvalue weighted by Gasteiger charge is 2.57. The monoisotopic (exact) mass is 786 g/mol. The molecule has 1 aromatic carbocycles. The second kappa shape index (κ2) is 19.3. The van der Waals surface area contributed by atoms with E-state index in [9.17, 15) is 29.1 Å². The first-order valence-electron chi connectivity index (χ1n) is 17.5. The smallest absolute Gasteiger partial charge is 0.303 e. The van der Waals surface area contributed by atoms with E-state index in [0.29, 0.717) is 11.3 Å². The molecule has 1 N–H and O–H groups in total. The number of ether oxygens (including phenoxy) is 10. The zero-order valence-corrected chi connectivity index (χ0v) is 33.7. The molecule has 2 aliphatic rings. The lowest BCUT2D eigenvalue weighted by Crippen LogP contribution is -2.67. The molecule has 0 aliphatic carbocycles. The van der Waals surface area contributed by atoms with E-state index in [2.05, 4.69) is 0 Å².